The number of aryl methyl sites for hydroxylation is 1. The molecule has 0 saturated carbocycles. The van der Waals surface area contributed by atoms with E-state index in [9.17, 15) is 19.5 Å². The maximum Gasteiger partial charge on any atom is 0.408 e. The SMILES string of the molecule is CCCCNC(=O)C(c1ccc(O)c(C)c1)N(CCCC)C(=O)CNC(=O)OC(C)(C)C. The lowest BCUT2D eigenvalue weighted by atomic mass is 10.0. The Labute approximate surface area is 191 Å². The number of rotatable bonds is 11. The summed E-state index contributed by atoms with van der Waals surface area (Å²) in [5.41, 5.74) is 0.542. The Morgan fingerprint density at radius 1 is 1.09 bits per heavy atom. The van der Waals surface area contributed by atoms with Crippen LogP contribution >= 0.6 is 0 Å². The molecule has 3 amide bonds. The predicted molar refractivity (Wildman–Crippen MR) is 124 cm³/mol. The topological polar surface area (TPSA) is 108 Å². The Hall–Kier alpha value is -2.77. The zero-order valence-corrected chi connectivity index (χ0v) is 20.3. The fourth-order valence-corrected chi connectivity index (χ4v) is 3.10. The number of carbonyl (C=O) groups excluding carboxylic acids is 3. The summed E-state index contributed by atoms with van der Waals surface area (Å²) in [6.07, 6.45) is 2.61. The molecule has 0 radical (unpaired) electrons. The summed E-state index contributed by atoms with van der Waals surface area (Å²) in [7, 11) is 0. The summed E-state index contributed by atoms with van der Waals surface area (Å²) >= 11 is 0. The number of nitrogens with one attached hydrogen (secondary N) is 2. The van der Waals surface area contributed by atoms with Crippen LogP contribution in [-0.4, -0.2) is 53.1 Å². The number of hydrogen-bond acceptors (Lipinski definition) is 5. The third-order valence-corrected chi connectivity index (χ3v) is 4.78. The predicted octanol–water partition coefficient (Wildman–Crippen LogP) is 3.81. The quantitative estimate of drug-likeness (QED) is 0.445. The van der Waals surface area contributed by atoms with Crippen molar-refractivity contribution < 1.29 is 24.2 Å². The first-order valence-electron chi connectivity index (χ1n) is 11.3. The molecule has 0 aromatic heterocycles. The van der Waals surface area contributed by atoms with Crippen LogP contribution in [-0.2, 0) is 14.3 Å². The Morgan fingerprint density at radius 2 is 1.75 bits per heavy atom. The zero-order valence-electron chi connectivity index (χ0n) is 20.3. The molecule has 180 valence electrons. The second-order valence-electron chi connectivity index (χ2n) is 8.89. The third kappa shape index (κ3) is 9.16. The molecule has 0 heterocycles. The van der Waals surface area contributed by atoms with Crippen LogP contribution in [0.3, 0.4) is 0 Å². The second-order valence-corrected chi connectivity index (χ2v) is 8.89. The van der Waals surface area contributed by atoms with Gasteiger partial charge in [0.05, 0.1) is 0 Å². The van der Waals surface area contributed by atoms with Crippen molar-refractivity contribution in [3.63, 3.8) is 0 Å². The largest absolute Gasteiger partial charge is 0.508 e. The standard InChI is InChI=1S/C24H39N3O5/c1-7-9-13-25-22(30)21(18-11-12-19(28)17(3)15-18)27(14-10-8-2)20(29)16-26-23(31)32-24(4,5)6/h11-12,15,21,28H,7-10,13-14,16H2,1-6H3,(H,25,30)(H,26,31). The molecular weight excluding hydrogens is 410 g/mol. The van der Waals surface area contributed by atoms with E-state index in [1.807, 2.05) is 13.8 Å². The van der Waals surface area contributed by atoms with E-state index in [4.69, 9.17) is 4.74 Å². The number of phenols is 1. The highest BCUT2D eigenvalue weighted by Gasteiger charge is 2.31. The van der Waals surface area contributed by atoms with Crippen LogP contribution in [0.15, 0.2) is 18.2 Å². The fraction of sp³-hybridized carbons (Fsp3) is 0.625. The molecule has 0 fully saturated rings. The number of benzene rings is 1. The van der Waals surface area contributed by atoms with E-state index in [1.165, 1.54) is 11.0 Å². The van der Waals surface area contributed by atoms with Crippen molar-refractivity contribution >= 4 is 17.9 Å². The summed E-state index contributed by atoms with van der Waals surface area (Å²) in [4.78, 5) is 39.8. The van der Waals surface area contributed by atoms with Gasteiger partial charge < -0.3 is 25.4 Å². The number of nitrogens with zero attached hydrogens (tertiary/aromatic N) is 1. The Kier molecular flexibility index (Phi) is 11.0. The number of alkyl carbamates (subject to hydrolysis) is 1. The molecule has 0 aliphatic rings. The van der Waals surface area contributed by atoms with E-state index in [0.717, 1.165) is 19.3 Å². The van der Waals surface area contributed by atoms with E-state index < -0.39 is 17.7 Å². The van der Waals surface area contributed by atoms with Crippen LogP contribution < -0.4 is 10.6 Å². The lowest BCUT2D eigenvalue weighted by molar-refractivity contribution is -0.140. The zero-order chi connectivity index (χ0) is 24.3. The molecule has 8 heteroatoms. The van der Waals surface area contributed by atoms with Crippen molar-refractivity contribution in [1.29, 1.82) is 0 Å². The van der Waals surface area contributed by atoms with Crippen LogP contribution in [0.25, 0.3) is 0 Å². The molecule has 0 saturated heterocycles. The number of ether oxygens (including phenoxy) is 1. The van der Waals surface area contributed by atoms with Gasteiger partial charge >= 0.3 is 6.09 Å². The first-order valence-corrected chi connectivity index (χ1v) is 11.3. The van der Waals surface area contributed by atoms with Gasteiger partial charge in [-0.2, -0.15) is 0 Å². The van der Waals surface area contributed by atoms with Gasteiger partial charge in [-0.1, -0.05) is 32.8 Å². The highest BCUT2D eigenvalue weighted by atomic mass is 16.6. The molecule has 0 aliphatic heterocycles. The number of aromatic hydroxyl groups is 1. The first-order chi connectivity index (χ1) is 15.0. The van der Waals surface area contributed by atoms with Crippen LogP contribution in [0.5, 0.6) is 5.75 Å². The molecule has 1 aromatic carbocycles. The molecule has 1 unspecified atom stereocenters. The molecule has 8 nitrogen and oxygen atoms in total. The van der Waals surface area contributed by atoms with Crippen LogP contribution in [0.4, 0.5) is 4.79 Å². The van der Waals surface area contributed by atoms with Crippen molar-refractivity contribution in [2.45, 2.75) is 78.9 Å². The van der Waals surface area contributed by atoms with Gasteiger partial charge in [0.25, 0.3) is 0 Å². The molecule has 32 heavy (non-hydrogen) atoms. The van der Waals surface area contributed by atoms with Gasteiger partial charge in [-0.25, -0.2) is 4.79 Å². The van der Waals surface area contributed by atoms with Gasteiger partial charge in [0.15, 0.2) is 0 Å². The van der Waals surface area contributed by atoms with E-state index in [2.05, 4.69) is 10.6 Å². The summed E-state index contributed by atoms with van der Waals surface area (Å²) in [6, 6.07) is 4.02. The Bertz CT molecular complexity index is 773. The van der Waals surface area contributed by atoms with Crippen LogP contribution in [0, 0.1) is 6.92 Å². The van der Waals surface area contributed by atoms with Crippen molar-refractivity contribution in [2.75, 3.05) is 19.6 Å². The van der Waals surface area contributed by atoms with Crippen molar-refractivity contribution in [3.05, 3.63) is 29.3 Å². The van der Waals surface area contributed by atoms with Crippen molar-refractivity contribution in [3.8, 4) is 5.75 Å². The van der Waals surface area contributed by atoms with Crippen molar-refractivity contribution in [1.82, 2.24) is 15.5 Å². The van der Waals surface area contributed by atoms with Gasteiger partial charge in [-0.3, -0.25) is 9.59 Å². The number of unbranched alkanes of at least 4 members (excludes halogenated alkanes) is 2. The number of phenolic OH excluding ortho intramolecular Hbond substituents is 1. The molecule has 1 rings (SSSR count). The lowest BCUT2D eigenvalue weighted by Gasteiger charge is -2.32. The second kappa shape index (κ2) is 12.9. The minimum absolute atomic E-state index is 0.122. The van der Waals surface area contributed by atoms with Crippen LogP contribution in [0.2, 0.25) is 0 Å². The lowest BCUT2D eigenvalue weighted by Crippen LogP contribution is -2.48. The Morgan fingerprint density at radius 3 is 2.31 bits per heavy atom. The highest BCUT2D eigenvalue weighted by Crippen LogP contribution is 2.27. The molecule has 0 aliphatic carbocycles. The summed E-state index contributed by atoms with van der Waals surface area (Å²) in [5.74, 6) is -0.548. The van der Waals surface area contributed by atoms with Gasteiger partial charge in [-0.05, 0) is 63.8 Å². The smallest absolute Gasteiger partial charge is 0.408 e. The van der Waals surface area contributed by atoms with Crippen LogP contribution in [0.1, 0.15) is 77.5 Å². The summed E-state index contributed by atoms with van der Waals surface area (Å²) < 4.78 is 5.21. The number of carbonyl (C=O) groups is 3. The molecular formula is C24H39N3O5. The minimum atomic E-state index is -0.870. The van der Waals surface area contributed by atoms with Gasteiger partial charge in [0.1, 0.15) is 23.9 Å². The molecule has 0 bridgehead atoms. The van der Waals surface area contributed by atoms with E-state index in [1.54, 1.807) is 39.8 Å². The summed E-state index contributed by atoms with van der Waals surface area (Å²) in [6.45, 7) is 11.6. The monoisotopic (exact) mass is 449 g/mol. The Balaban J connectivity index is 3.17. The first kappa shape index (κ1) is 27.3. The normalized spacial score (nSPS) is 12.1. The van der Waals surface area contributed by atoms with Crippen molar-refractivity contribution in [2.24, 2.45) is 0 Å². The average molecular weight is 450 g/mol. The molecule has 0 spiro atoms. The van der Waals surface area contributed by atoms with E-state index in [-0.39, 0.29) is 24.1 Å². The molecule has 3 N–H and O–H groups in total. The fourth-order valence-electron chi connectivity index (χ4n) is 3.10. The summed E-state index contributed by atoms with van der Waals surface area (Å²) in [5, 5.41) is 15.3. The maximum absolute atomic E-state index is 13.2. The molecule has 1 aromatic rings. The highest BCUT2D eigenvalue weighted by molar-refractivity contribution is 5.90. The van der Waals surface area contributed by atoms with Gasteiger partial charge in [0.2, 0.25) is 11.8 Å². The molecule has 1 atom stereocenters. The third-order valence-electron chi connectivity index (χ3n) is 4.78. The van der Waals surface area contributed by atoms with Gasteiger partial charge in [-0.15, -0.1) is 0 Å². The maximum atomic E-state index is 13.2. The van der Waals surface area contributed by atoms with Gasteiger partial charge in [0, 0.05) is 13.1 Å². The van der Waals surface area contributed by atoms with E-state index >= 15 is 0 Å². The van der Waals surface area contributed by atoms with E-state index in [0.29, 0.717) is 30.6 Å². The number of amides is 3. The minimum Gasteiger partial charge on any atom is -0.508 e. The number of hydrogen-bond donors (Lipinski definition) is 3. The average Bonchev–Trinajstić information content (AvgIpc) is 2.70.